The zero-order chi connectivity index (χ0) is 24.2. The second kappa shape index (κ2) is 10.3. The topological polar surface area (TPSA) is 95.6 Å². The van der Waals surface area contributed by atoms with Gasteiger partial charge in [-0.1, -0.05) is 6.07 Å². The molecular weight excluding hydrogens is 459 g/mol. The maximum absolute atomic E-state index is 13.9. The van der Waals surface area contributed by atoms with Crippen LogP contribution in [0.1, 0.15) is 28.8 Å². The van der Waals surface area contributed by atoms with Crippen LogP contribution < -0.4 is 10.6 Å². The van der Waals surface area contributed by atoms with Crippen LogP contribution in [0.15, 0.2) is 41.3 Å². The predicted octanol–water partition coefficient (Wildman–Crippen LogP) is 2.36. The Bertz CT molecular complexity index is 1150. The molecule has 7 nitrogen and oxygen atoms in total. The Morgan fingerprint density at radius 2 is 1.64 bits per heavy atom. The van der Waals surface area contributed by atoms with Crippen molar-refractivity contribution in [2.45, 2.75) is 24.7 Å². The summed E-state index contributed by atoms with van der Waals surface area (Å²) in [7, 11) is -4.21. The van der Waals surface area contributed by atoms with Crippen LogP contribution in [0.5, 0.6) is 0 Å². The number of carbonyl (C=O) groups excluding carboxylic acids is 2. The number of hydrogen-bond donors (Lipinski definition) is 2. The van der Waals surface area contributed by atoms with E-state index < -0.39 is 44.2 Å². The number of rotatable bonds is 7. The Morgan fingerprint density at radius 1 is 0.970 bits per heavy atom. The monoisotopic (exact) mass is 483 g/mol. The Balaban J connectivity index is 1.45. The molecule has 0 aliphatic carbocycles. The quantitative estimate of drug-likeness (QED) is 0.591. The van der Waals surface area contributed by atoms with Crippen LogP contribution in [0.4, 0.5) is 13.2 Å². The van der Waals surface area contributed by atoms with Crippen molar-refractivity contribution in [2.75, 3.05) is 26.2 Å². The van der Waals surface area contributed by atoms with E-state index in [2.05, 4.69) is 10.6 Å². The lowest BCUT2D eigenvalue weighted by Crippen LogP contribution is -2.44. The first-order chi connectivity index (χ1) is 15.6. The predicted molar refractivity (Wildman–Crippen MR) is 114 cm³/mol. The fourth-order valence-corrected chi connectivity index (χ4v) is 5.06. The molecule has 2 aromatic carbocycles. The van der Waals surface area contributed by atoms with Gasteiger partial charge >= 0.3 is 0 Å². The van der Waals surface area contributed by atoms with Gasteiger partial charge in [-0.15, -0.1) is 0 Å². The van der Waals surface area contributed by atoms with Gasteiger partial charge in [-0.25, -0.2) is 21.6 Å². The summed E-state index contributed by atoms with van der Waals surface area (Å²) in [5.41, 5.74) is 0.603. The van der Waals surface area contributed by atoms with Gasteiger partial charge in [0.25, 0.3) is 5.91 Å². The second-order valence-corrected chi connectivity index (χ2v) is 9.67. The highest BCUT2D eigenvalue weighted by Gasteiger charge is 2.33. The number of benzene rings is 2. The largest absolute Gasteiger partial charge is 0.354 e. The van der Waals surface area contributed by atoms with Crippen LogP contribution in [-0.4, -0.2) is 50.7 Å². The summed E-state index contributed by atoms with van der Waals surface area (Å²) >= 11 is 0. The molecule has 0 unspecified atom stereocenters. The minimum Gasteiger partial charge on any atom is -0.354 e. The first-order valence-corrected chi connectivity index (χ1v) is 11.8. The molecule has 0 radical (unpaired) electrons. The number of nitrogens with zero attached hydrogens (tertiary/aromatic N) is 1. The van der Waals surface area contributed by atoms with Gasteiger partial charge in [-0.05, 0) is 55.7 Å². The molecule has 0 bridgehead atoms. The number of amides is 2. The average molecular weight is 484 g/mol. The van der Waals surface area contributed by atoms with Crippen molar-refractivity contribution in [3.8, 4) is 0 Å². The normalized spacial score (nSPS) is 15.3. The van der Waals surface area contributed by atoms with E-state index in [1.165, 1.54) is 12.1 Å². The molecule has 1 aliphatic rings. The van der Waals surface area contributed by atoms with Gasteiger partial charge in [0.2, 0.25) is 15.9 Å². The molecule has 1 fully saturated rings. The lowest BCUT2D eigenvalue weighted by molar-refractivity contribution is -0.126. The Labute approximate surface area is 190 Å². The van der Waals surface area contributed by atoms with Crippen LogP contribution >= 0.6 is 0 Å². The average Bonchev–Trinajstić information content (AvgIpc) is 2.79. The standard InChI is InChI=1S/C22H24F3N3O4S/c1-14-2-3-16(12-19(14)25)22(30)27-9-8-26-21(29)15-6-10-28(11-7-15)33(31,32)20-13-17(23)4-5-18(20)24/h2-5,12-13,15H,6-11H2,1H3,(H,26,29)(H,27,30). The number of nitrogens with one attached hydrogen (secondary N) is 2. The molecule has 3 rings (SSSR count). The number of piperidine rings is 1. The van der Waals surface area contributed by atoms with E-state index in [0.717, 1.165) is 22.5 Å². The molecule has 0 saturated carbocycles. The molecule has 2 N–H and O–H groups in total. The van der Waals surface area contributed by atoms with E-state index in [0.29, 0.717) is 11.6 Å². The van der Waals surface area contributed by atoms with Crippen LogP contribution in [0.25, 0.3) is 0 Å². The van der Waals surface area contributed by atoms with Crippen molar-refractivity contribution in [3.63, 3.8) is 0 Å². The fraction of sp³-hybridized carbons (Fsp3) is 0.364. The van der Waals surface area contributed by atoms with Crippen molar-refractivity contribution < 1.29 is 31.2 Å². The molecule has 0 aromatic heterocycles. The Hall–Kier alpha value is -2.92. The van der Waals surface area contributed by atoms with Crippen molar-refractivity contribution in [1.29, 1.82) is 0 Å². The van der Waals surface area contributed by atoms with Crippen molar-refractivity contribution >= 4 is 21.8 Å². The molecule has 2 amide bonds. The lowest BCUT2D eigenvalue weighted by Gasteiger charge is -2.30. The van der Waals surface area contributed by atoms with Gasteiger partial charge in [0, 0.05) is 37.7 Å². The molecule has 0 spiro atoms. The fourth-order valence-electron chi connectivity index (χ4n) is 3.51. The lowest BCUT2D eigenvalue weighted by atomic mass is 9.97. The summed E-state index contributed by atoms with van der Waals surface area (Å²) in [5.74, 6) is -3.58. The number of aryl methyl sites for hydroxylation is 1. The van der Waals surface area contributed by atoms with Gasteiger partial charge < -0.3 is 10.6 Å². The molecule has 11 heteroatoms. The summed E-state index contributed by atoms with van der Waals surface area (Å²) in [6.45, 7) is 1.85. The molecule has 1 aliphatic heterocycles. The maximum atomic E-state index is 13.9. The van der Waals surface area contributed by atoms with Gasteiger partial charge in [-0.2, -0.15) is 4.31 Å². The second-order valence-electron chi connectivity index (χ2n) is 7.76. The smallest absolute Gasteiger partial charge is 0.251 e. The number of hydrogen-bond acceptors (Lipinski definition) is 4. The van der Waals surface area contributed by atoms with E-state index >= 15 is 0 Å². The third-order valence-corrected chi connectivity index (χ3v) is 7.39. The highest BCUT2D eigenvalue weighted by Crippen LogP contribution is 2.26. The van der Waals surface area contributed by atoms with Gasteiger partial charge in [0.15, 0.2) is 0 Å². The summed E-state index contributed by atoms with van der Waals surface area (Å²) in [6.07, 6.45) is 0.438. The molecule has 2 aromatic rings. The molecule has 33 heavy (non-hydrogen) atoms. The highest BCUT2D eigenvalue weighted by molar-refractivity contribution is 7.89. The van der Waals surface area contributed by atoms with Crippen LogP contribution in [-0.2, 0) is 14.8 Å². The van der Waals surface area contributed by atoms with Crippen molar-refractivity contribution in [2.24, 2.45) is 5.92 Å². The van der Waals surface area contributed by atoms with Gasteiger partial charge in [-0.3, -0.25) is 9.59 Å². The van der Waals surface area contributed by atoms with Gasteiger partial charge in [0.1, 0.15) is 22.3 Å². The highest BCUT2D eigenvalue weighted by atomic mass is 32.2. The zero-order valence-corrected chi connectivity index (χ0v) is 18.7. The minimum atomic E-state index is -4.21. The molecule has 0 atom stereocenters. The number of carbonyl (C=O) groups is 2. The van der Waals surface area contributed by atoms with E-state index in [-0.39, 0.29) is 50.5 Å². The summed E-state index contributed by atoms with van der Waals surface area (Å²) in [6, 6.07) is 6.39. The minimum absolute atomic E-state index is 0.00784. The van der Waals surface area contributed by atoms with Gasteiger partial charge in [0.05, 0.1) is 0 Å². The van der Waals surface area contributed by atoms with Crippen LogP contribution in [0.2, 0.25) is 0 Å². The van der Waals surface area contributed by atoms with E-state index in [9.17, 15) is 31.2 Å². The first-order valence-electron chi connectivity index (χ1n) is 10.4. The first kappa shape index (κ1) is 24.7. The summed E-state index contributed by atoms with van der Waals surface area (Å²) in [4.78, 5) is 23.7. The molecule has 178 valence electrons. The Morgan fingerprint density at radius 3 is 2.30 bits per heavy atom. The zero-order valence-electron chi connectivity index (χ0n) is 17.9. The van der Waals surface area contributed by atoms with Crippen molar-refractivity contribution in [1.82, 2.24) is 14.9 Å². The Kier molecular flexibility index (Phi) is 7.75. The third kappa shape index (κ3) is 5.91. The molecular formula is C22H24F3N3O4S. The van der Waals surface area contributed by atoms with Crippen LogP contribution in [0, 0.1) is 30.3 Å². The molecule has 1 saturated heterocycles. The molecule has 1 heterocycles. The summed E-state index contributed by atoms with van der Waals surface area (Å²) < 4.78 is 67.2. The number of halogens is 3. The van der Waals surface area contributed by atoms with Crippen molar-refractivity contribution in [3.05, 3.63) is 65.0 Å². The van der Waals surface area contributed by atoms with E-state index in [4.69, 9.17) is 0 Å². The SMILES string of the molecule is Cc1ccc(C(=O)NCCNC(=O)C2CCN(S(=O)(=O)c3cc(F)ccc3F)CC2)cc1F. The van der Waals surface area contributed by atoms with E-state index in [1.807, 2.05) is 0 Å². The van der Waals surface area contributed by atoms with Crippen LogP contribution in [0.3, 0.4) is 0 Å². The van der Waals surface area contributed by atoms with E-state index in [1.54, 1.807) is 6.92 Å². The number of sulfonamides is 1. The third-order valence-electron chi connectivity index (χ3n) is 5.48. The maximum Gasteiger partial charge on any atom is 0.251 e. The summed E-state index contributed by atoms with van der Waals surface area (Å²) in [5, 5.41) is 5.26.